The monoisotopic (exact) mass is 454 g/mol. The first-order valence-electron chi connectivity index (χ1n) is 8.85. The second kappa shape index (κ2) is 7.31. The minimum atomic E-state index is -4.06. The number of hydrogen-bond acceptors (Lipinski definition) is 5. The van der Waals surface area contributed by atoms with Crippen LogP contribution in [0, 0.1) is 0 Å². The molecule has 0 fully saturated rings. The molecule has 6 nitrogen and oxygen atoms in total. The number of carbonyl (C=O) groups excluding carboxylic acids is 1. The summed E-state index contributed by atoms with van der Waals surface area (Å²) >= 11 is 12.8. The highest BCUT2D eigenvalue weighted by molar-refractivity contribution is 8.01. The Morgan fingerprint density at radius 1 is 1.24 bits per heavy atom. The number of sulfone groups is 1. The van der Waals surface area contributed by atoms with Gasteiger partial charge < -0.3 is 10.0 Å². The second-order valence-electron chi connectivity index (χ2n) is 7.15. The molecule has 2 aromatic rings. The minimum absolute atomic E-state index is 0.0397. The van der Waals surface area contributed by atoms with Crippen LogP contribution in [0.25, 0.3) is 10.7 Å². The number of rotatable bonds is 3. The lowest BCUT2D eigenvalue weighted by molar-refractivity contribution is -0.118. The fourth-order valence-corrected chi connectivity index (χ4v) is 5.92. The van der Waals surface area contributed by atoms with Gasteiger partial charge in [0.1, 0.15) is 10.6 Å². The number of halogens is 2. The fourth-order valence-electron chi connectivity index (χ4n) is 3.37. The summed E-state index contributed by atoms with van der Waals surface area (Å²) in [6, 6.07) is 6.11. The third-order valence-electron chi connectivity index (χ3n) is 5.16. The highest BCUT2D eigenvalue weighted by atomic mass is 35.5. The number of aliphatic hydroxyl groups excluding tert-OH is 1. The SMILES string of the molecule is CCC(=O)N(C)c1c(Cl)ccc(C2=C(O)c3ncccc3C(C)(C)S2(=O)=O)c1Cl. The second-order valence-corrected chi connectivity index (χ2v) is 10.4. The van der Waals surface area contributed by atoms with Crippen molar-refractivity contribution in [2.24, 2.45) is 0 Å². The molecular formula is C20H20Cl2N2O4S. The number of amides is 1. The number of hydrogen-bond donors (Lipinski definition) is 1. The van der Waals surface area contributed by atoms with Gasteiger partial charge in [-0.1, -0.05) is 42.3 Å². The van der Waals surface area contributed by atoms with Crippen LogP contribution in [0.5, 0.6) is 0 Å². The Kier molecular flexibility index (Phi) is 5.45. The molecule has 1 N–H and O–H groups in total. The van der Waals surface area contributed by atoms with E-state index < -0.39 is 20.3 Å². The first kappa shape index (κ1) is 21.6. The summed E-state index contributed by atoms with van der Waals surface area (Å²) in [5.41, 5.74) is 0.805. The standard InChI is InChI=1S/C20H20Cl2N2O4S/c1-5-14(25)24(4)17-13(21)9-8-11(15(17)22)19-18(26)16-12(7-6-10-23-16)20(2,3)29(19,27)28/h6-10,26H,5H2,1-4H3. The first-order valence-corrected chi connectivity index (χ1v) is 11.1. The molecule has 1 aliphatic heterocycles. The molecule has 0 atom stereocenters. The highest BCUT2D eigenvalue weighted by Crippen LogP contribution is 2.50. The van der Waals surface area contributed by atoms with Crippen LogP contribution in [-0.2, 0) is 19.4 Å². The molecule has 2 heterocycles. The zero-order chi connectivity index (χ0) is 21.7. The Morgan fingerprint density at radius 3 is 2.52 bits per heavy atom. The van der Waals surface area contributed by atoms with Crippen LogP contribution < -0.4 is 4.90 Å². The molecular weight excluding hydrogens is 435 g/mol. The summed E-state index contributed by atoms with van der Waals surface area (Å²) in [6.07, 6.45) is 1.69. The van der Waals surface area contributed by atoms with Crippen LogP contribution >= 0.6 is 23.2 Å². The van der Waals surface area contributed by atoms with Crippen molar-refractivity contribution in [2.45, 2.75) is 31.9 Å². The van der Waals surface area contributed by atoms with E-state index in [1.807, 2.05) is 0 Å². The van der Waals surface area contributed by atoms with Crippen molar-refractivity contribution in [3.05, 3.63) is 57.3 Å². The van der Waals surface area contributed by atoms with E-state index in [1.165, 1.54) is 30.3 Å². The molecule has 0 unspecified atom stereocenters. The minimum Gasteiger partial charge on any atom is -0.504 e. The molecule has 9 heteroatoms. The summed E-state index contributed by atoms with van der Waals surface area (Å²) < 4.78 is 25.6. The van der Waals surface area contributed by atoms with E-state index >= 15 is 0 Å². The fraction of sp³-hybridized carbons (Fsp3) is 0.300. The van der Waals surface area contributed by atoms with Crippen LogP contribution in [0.3, 0.4) is 0 Å². The van der Waals surface area contributed by atoms with E-state index in [0.29, 0.717) is 5.56 Å². The number of benzene rings is 1. The molecule has 1 aliphatic rings. The van der Waals surface area contributed by atoms with E-state index in [-0.39, 0.29) is 44.2 Å². The quantitative estimate of drug-likeness (QED) is 0.718. The predicted octanol–water partition coefficient (Wildman–Crippen LogP) is 4.81. The van der Waals surface area contributed by atoms with E-state index in [2.05, 4.69) is 4.98 Å². The molecule has 1 aromatic carbocycles. The van der Waals surface area contributed by atoms with Gasteiger partial charge in [-0.25, -0.2) is 8.42 Å². The van der Waals surface area contributed by atoms with Gasteiger partial charge in [0.15, 0.2) is 15.6 Å². The third kappa shape index (κ3) is 3.12. The van der Waals surface area contributed by atoms with Crippen molar-refractivity contribution in [3.8, 4) is 0 Å². The number of anilines is 1. The lowest BCUT2D eigenvalue weighted by Crippen LogP contribution is -2.35. The molecule has 0 radical (unpaired) electrons. The van der Waals surface area contributed by atoms with Crippen molar-refractivity contribution < 1.29 is 18.3 Å². The smallest absolute Gasteiger partial charge is 0.226 e. The van der Waals surface area contributed by atoms with Crippen LogP contribution in [-0.4, -0.2) is 31.5 Å². The third-order valence-corrected chi connectivity index (χ3v) is 8.36. The van der Waals surface area contributed by atoms with Crippen LogP contribution in [0.1, 0.15) is 44.0 Å². The van der Waals surface area contributed by atoms with Gasteiger partial charge in [0, 0.05) is 30.8 Å². The predicted molar refractivity (Wildman–Crippen MR) is 116 cm³/mol. The lowest BCUT2D eigenvalue weighted by Gasteiger charge is -2.33. The molecule has 0 saturated carbocycles. The number of nitrogens with zero attached hydrogens (tertiary/aromatic N) is 2. The van der Waals surface area contributed by atoms with Crippen molar-refractivity contribution in [1.29, 1.82) is 0 Å². The topological polar surface area (TPSA) is 87.6 Å². The van der Waals surface area contributed by atoms with E-state index in [4.69, 9.17) is 23.2 Å². The average molecular weight is 455 g/mol. The Balaban J connectivity index is 2.38. The maximum atomic E-state index is 13.5. The van der Waals surface area contributed by atoms with Crippen LogP contribution in [0.2, 0.25) is 10.0 Å². The van der Waals surface area contributed by atoms with Gasteiger partial charge in [0.25, 0.3) is 0 Å². The largest absolute Gasteiger partial charge is 0.504 e. The van der Waals surface area contributed by atoms with Gasteiger partial charge >= 0.3 is 0 Å². The maximum absolute atomic E-state index is 13.5. The van der Waals surface area contributed by atoms with E-state index in [0.717, 1.165) is 0 Å². The van der Waals surface area contributed by atoms with Gasteiger partial charge in [0.05, 0.1) is 20.5 Å². The van der Waals surface area contributed by atoms with Crippen molar-refractivity contribution in [3.63, 3.8) is 0 Å². The molecule has 1 amide bonds. The van der Waals surface area contributed by atoms with E-state index in [9.17, 15) is 18.3 Å². The summed E-state index contributed by atoms with van der Waals surface area (Å²) in [4.78, 5) is 17.3. The lowest BCUT2D eigenvalue weighted by atomic mass is 9.98. The maximum Gasteiger partial charge on any atom is 0.226 e. The molecule has 3 rings (SSSR count). The van der Waals surface area contributed by atoms with Crippen LogP contribution in [0.15, 0.2) is 30.5 Å². The number of fused-ring (bicyclic) bond motifs is 1. The Bertz CT molecular complexity index is 1160. The van der Waals surface area contributed by atoms with Gasteiger partial charge in [-0.05, 0) is 26.0 Å². The van der Waals surface area contributed by atoms with E-state index in [1.54, 1.807) is 32.9 Å². The summed E-state index contributed by atoms with van der Waals surface area (Å²) in [7, 11) is -2.56. The molecule has 0 saturated heterocycles. The summed E-state index contributed by atoms with van der Waals surface area (Å²) in [6.45, 7) is 4.79. The molecule has 1 aromatic heterocycles. The number of pyridine rings is 1. The first-order chi connectivity index (χ1) is 13.5. The molecule has 29 heavy (non-hydrogen) atoms. The summed E-state index contributed by atoms with van der Waals surface area (Å²) in [5.74, 6) is -0.734. The van der Waals surface area contributed by atoms with Crippen LogP contribution in [0.4, 0.5) is 5.69 Å². The van der Waals surface area contributed by atoms with Gasteiger partial charge in [0.2, 0.25) is 5.91 Å². The van der Waals surface area contributed by atoms with Gasteiger partial charge in [-0.2, -0.15) is 0 Å². The number of carbonyl (C=O) groups is 1. The summed E-state index contributed by atoms with van der Waals surface area (Å²) in [5, 5.41) is 11.0. The Hall–Kier alpha value is -2.09. The average Bonchev–Trinajstić information content (AvgIpc) is 2.67. The number of aromatic nitrogens is 1. The molecule has 0 spiro atoms. The normalized spacial score (nSPS) is 17.0. The van der Waals surface area contributed by atoms with Crippen molar-refractivity contribution in [2.75, 3.05) is 11.9 Å². The Labute approximate surface area is 179 Å². The molecule has 154 valence electrons. The molecule has 0 aliphatic carbocycles. The zero-order valence-electron chi connectivity index (χ0n) is 16.3. The van der Waals surface area contributed by atoms with Crippen molar-refractivity contribution in [1.82, 2.24) is 4.98 Å². The zero-order valence-corrected chi connectivity index (χ0v) is 18.7. The van der Waals surface area contributed by atoms with Crippen molar-refractivity contribution >= 4 is 55.3 Å². The van der Waals surface area contributed by atoms with Gasteiger partial charge in [-0.3, -0.25) is 9.78 Å². The number of aliphatic hydroxyl groups is 1. The highest BCUT2D eigenvalue weighted by Gasteiger charge is 2.48. The molecule has 0 bridgehead atoms. The van der Waals surface area contributed by atoms with Gasteiger partial charge in [-0.15, -0.1) is 0 Å². The Morgan fingerprint density at radius 2 is 1.90 bits per heavy atom.